The Bertz CT molecular complexity index is 1170. The Hall–Kier alpha value is -3.19. The first-order valence-corrected chi connectivity index (χ1v) is 12.6. The summed E-state index contributed by atoms with van der Waals surface area (Å²) in [7, 11) is 0. The number of carbonyl (C=O) groups excluding carboxylic acids is 2. The zero-order valence-corrected chi connectivity index (χ0v) is 20.4. The number of hydrogen-bond acceptors (Lipinski definition) is 4. The van der Waals surface area contributed by atoms with Crippen molar-refractivity contribution in [2.75, 3.05) is 39.4 Å². The number of rotatable bonds is 5. The highest BCUT2D eigenvalue weighted by atomic mass is 16.5. The molecular weight excluding hydrogens is 440 g/mol. The molecule has 3 aromatic rings. The molecule has 0 saturated carbocycles. The average Bonchev–Trinajstić information content (AvgIpc) is 3.24. The Balaban J connectivity index is 1.20. The number of benzene rings is 1. The van der Waals surface area contributed by atoms with Gasteiger partial charge in [0.15, 0.2) is 0 Å². The van der Waals surface area contributed by atoms with E-state index >= 15 is 0 Å². The number of ether oxygens (including phenoxy) is 1. The van der Waals surface area contributed by atoms with Crippen molar-refractivity contribution in [3.8, 4) is 0 Å². The van der Waals surface area contributed by atoms with E-state index in [4.69, 9.17) is 4.74 Å². The van der Waals surface area contributed by atoms with Crippen LogP contribution in [0.4, 0.5) is 0 Å². The summed E-state index contributed by atoms with van der Waals surface area (Å²) < 4.78 is 7.80. The number of likely N-dealkylation sites (tertiary alicyclic amines) is 1. The molecule has 7 nitrogen and oxygen atoms in total. The van der Waals surface area contributed by atoms with Gasteiger partial charge in [0, 0.05) is 49.9 Å². The Morgan fingerprint density at radius 2 is 1.83 bits per heavy atom. The van der Waals surface area contributed by atoms with E-state index in [-0.39, 0.29) is 17.7 Å². The first-order valence-electron chi connectivity index (χ1n) is 12.6. The molecule has 0 N–H and O–H groups in total. The average molecular weight is 475 g/mol. The Labute approximate surface area is 206 Å². The van der Waals surface area contributed by atoms with Crippen molar-refractivity contribution in [2.45, 2.75) is 32.6 Å². The molecule has 4 heterocycles. The first kappa shape index (κ1) is 23.5. The number of fused-ring (bicyclic) bond motifs is 1. The molecule has 2 aromatic heterocycles. The van der Waals surface area contributed by atoms with E-state index < -0.39 is 5.41 Å². The third kappa shape index (κ3) is 5.25. The van der Waals surface area contributed by atoms with Crippen molar-refractivity contribution < 1.29 is 14.3 Å². The lowest BCUT2D eigenvalue weighted by Crippen LogP contribution is -2.51. The zero-order chi connectivity index (χ0) is 24.3. The quantitative estimate of drug-likeness (QED) is 0.570. The van der Waals surface area contributed by atoms with Gasteiger partial charge < -0.3 is 14.5 Å². The maximum Gasteiger partial charge on any atom is 0.228 e. The molecule has 2 aliphatic heterocycles. The van der Waals surface area contributed by atoms with Crippen LogP contribution < -0.4 is 0 Å². The molecule has 2 aliphatic rings. The summed E-state index contributed by atoms with van der Waals surface area (Å²) >= 11 is 0. The Morgan fingerprint density at radius 3 is 2.63 bits per heavy atom. The third-order valence-electron chi connectivity index (χ3n) is 7.59. The van der Waals surface area contributed by atoms with Crippen molar-refractivity contribution in [3.05, 3.63) is 72.1 Å². The number of amides is 2. The summed E-state index contributed by atoms with van der Waals surface area (Å²) in [5, 5.41) is 4.34. The first-order chi connectivity index (χ1) is 17.0. The molecule has 0 aliphatic carbocycles. The van der Waals surface area contributed by atoms with E-state index in [1.807, 2.05) is 69.2 Å². The van der Waals surface area contributed by atoms with Crippen LogP contribution in [0.3, 0.4) is 0 Å². The maximum atomic E-state index is 13.7. The van der Waals surface area contributed by atoms with Crippen molar-refractivity contribution in [1.29, 1.82) is 0 Å². The second-order valence-electron chi connectivity index (χ2n) is 10.2. The van der Waals surface area contributed by atoms with Gasteiger partial charge in [-0.15, -0.1) is 0 Å². The van der Waals surface area contributed by atoms with Crippen LogP contribution in [0.1, 0.15) is 30.9 Å². The SMILES string of the molecule is CC1(C(=O)N2CCOC[C@H](Cc3cccn4nccc34)C2)CCN(C(=O)Cc2ccccc2)CC1. The molecule has 1 aromatic carbocycles. The lowest BCUT2D eigenvalue weighted by atomic mass is 9.78. The van der Waals surface area contributed by atoms with Gasteiger partial charge in [-0.1, -0.05) is 43.3 Å². The summed E-state index contributed by atoms with van der Waals surface area (Å²) in [5.41, 5.74) is 2.92. The second kappa shape index (κ2) is 10.2. The molecule has 7 heteroatoms. The number of hydrogen-bond donors (Lipinski definition) is 0. The van der Waals surface area contributed by atoms with Gasteiger partial charge in [0.2, 0.25) is 11.8 Å². The van der Waals surface area contributed by atoms with Gasteiger partial charge in [-0.25, -0.2) is 4.52 Å². The predicted octanol–water partition coefficient (Wildman–Crippen LogP) is 3.22. The molecule has 0 radical (unpaired) electrons. The van der Waals surface area contributed by atoms with Crippen LogP contribution in [0, 0.1) is 11.3 Å². The number of carbonyl (C=O) groups is 2. The molecule has 1 atom stereocenters. The molecule has 0 spiro atoms. The molecule has 2 amide bonds. The summed E-state index contributed by atoms with van der Waals surface area (Å²) in [6.45, 7) is 5.87. The lowest BCUT2D eigenvalue weighted by molar-refractivity contribution is -0.147. The fourth-order valence-corrected chi connectivity index (χ4v) is 5.41. The summed E-state index contributed by atoms with van der Waals surface area (Å²) in [4.78, 5) is 30.4. The Kier molecular flexibility index (Phi) is 6.86. The van der Waals surface area contributed by atoms with Crippen LogP contribution in [0.25, 0.3) is 5.52 Å². The minimum atomic E-state index is -0.441. The van der Waals surface area contributed by atoms with Gasteiger partial charge in [-0.05, 0) is 42.5 Å². The van der Waals surface area contributed by atoms with Crippen LogP contribution in [-0.4, -0.2) is 70.6 Å². The minimum Gasteiger partial charge on any atom is -0.379 e. The van der Waals surface area contributed by atoms with Crippen LogP contribution in [0.15, 0.2) is 60.9 Å². The number of nitrogens with zero attached hydrogens (tertiary/aromatic N) is 4. The lowest BCUT2D eigenvalue weighted by Gasteiger charge is -2.41. The highest BCUT2D eigenvalue weighted by Crippen LogP contribution is 2.34. The standard InChI is InChI=1S/C28H34N4O3/c1-28(10-14-30(15-11-28)26(33)19-22-6-3-2-4-7-22)27(34)31-16-17-35-21-23(20-31)18-24-8-5-13-32-25(24)9-12-29-32/h2-9,12-13,23H,10-11,14-21H2,1H3/t23-/m1/s1. The van der Waals surface area contributed by atoms with Crippen LogP contribution in [0.5, 0.6) is 0 Å². The third-order valence-corrected chi connectivity index (χ3v) is 7.59. The second-order valence-corrected chi connectivity index (χ2v) is 10.2. The molecule has 2 saturated heterocycles. The summed E-state index contributed by atoms with van der Waals surface area (Å²) in [6, 6.07) is 16.0. The number of aromatic nitrogens is 2. The van der Waals surface area contributed by atoms with Gasteiger partial charge in [-0.3, -0.25) is 9.59 Å². The van der Waals surface area contributed by atoms with E-state index in [2.05, 4.69) is 18.1 Å². The van der Waals surface area contributed by atoms with E-state index in [0.29, 0.717) is 58.7 Å². The van der Waals surface area contributed by atoms with Gasteiger partial charge in [-0.2, -0.15) is 5.10 Å². The van der Waals surface area contributed by atoms with Crippen LogP contribution in [-0.2, 0) is 27.2 Å². The van der Waals surface area contributed by atoms with Gasteiger partial charge >= 0.3 is 0 Å². The fourth-order valence-electron chi connectivity index (χ4n) is 5.41. The van der Waals surface area contributed by atoms with E-state index in [0.717, 1.165) is 17.5 Å². The molecule has 2 fully saturated rings. The van der Waals surface area contributed by atoms with Crippen molar-refractivity contribution in [2.24, 2.45) is 11.3 Å². The highest BCUT2D eigenvalue weighted by Gasteiger charge is 2.41. The summed E-state index contributed by atoms with van der Waals surface area (Å²) in [6.07, 6.45) is 6.43. The van der Waals surface area contributed by atoms with E-state index in [1.165, 1.54) is 5.56 Å². The van der Waals surface area contributed by atoms with Crippen molar-refractivity contribution in [1.82, 2.24) is 19.4 Å². The van der Waals surface area contributed by atoms with Crippen LogP contribution in [0.2, 0.25) is 0 Å². The van der Waals surface area contributed by atoms with Gasteiger partial charge in [0.1, 0.15) is 0 Å². The Morgan fingerprint density at radius 1 is 1.03 bits per heavy atom. The largest absolute Gasteiger partial charge is 0.379 e. The summed E-state index contributed by atoms with van der Waals surface area (Å²) in [5.74, 6) is 0.576. The fraction of sp³-hybridized carbons (Fsp3) is 0.464. The number of piperidine rings is 1. The molecule has 0 bridgehead atoms. The van der Waals surface area contributed by atoms with Crippen molar-refractivity contribution in [3.63, 3.8) is 0 Å². The monoisotopic (exact) mass is 474 g/mol. The highest BCUT2D eigenvalue weighted by molar-refractivity contribution is 5.83. The molecule has 0 unspecified atom stereocenters. The van der Waals surface area contributed by atoms with Gasteiger partial charge in [0.25, 0.3) is 0 Å². The van der Waals surface area contributed by atoms with E-state index in [9.17, 15) is 9.59 Å². The van der Waals surface area contributed by atoms with Crippen LogP contribution >= 0.6 is 0 Å². The normalized spacial score (nSPS) is 20.5. The molecule has 184 valence electrons. The smallest absolute Gasteiger partial charge is 0.228 e. The maximum absolute atomic E-state index is 13.7. The molecule has 5 rings (SSSR count). The molecular formula is C28H34N4O3. The van der Waals surface area contributed by atoms with Gasteiger partial charge in [0.05, 0.1) is 25.2 Å². The van der Waals surface area contributed by atoms with Crippen molar-refractivity contribution >= 4 is 17.3 Å². The topological polar surface area (TPSA) is 67.2 Å². The van der Waals surface area contributed by atoms with E-state index in [1.54, 1.807) is 0 Å². The minimum absolute atomic E-state index is 0.142. The molecule has 35 heavy (non-hydrogen) atoms. The number of pyridine rings is 1. The zero-order valence-electron chi connectivity index (χ0n) is 20.4. The predicted molar refractivity (Wildman–Crippen MR) is 134 cm³/mol.